The molecule has 0 aliphatic rings. The van der Waals surface area contributed by atoms with E-state index in [0.717, 1.165) is 22.8 Å². The Hall–Kier alpha value is -2.88. The Morgan fingerprint density at radius 3 is 1.68 bits per heavy atom. The van der Waals surface area contributed by atoms with E-state index in [4.69, 9.17) is 0 Å². The van der Waals surface area contributed by atoms with E-state index in [1.165, 1.54) is 0 Å². The predicted molar refractivity (Wildman–Crippen MR) is 90.7 cm³/mol. The third kappa shape index (κ3) is 3.23. The molecule has 0 bridgehead atoms. The van der Waals surface area contributed by atoms with Crippen molar-refractivity contribution in [2.75, 3.05) is 0 Å². The molecule has 0 radical (unpaired) electrons. The molecule has 0 unspecified atom stereocenters. The number of hydrogen-bond donors (Lipinski definition) is 0. The molecular weight excluding hydrogens is 272 g/mol. The summed E-state index contributed by atoms with van der Waals surface area (Å²) in [6.07, 6.45) is 15.6. The van der Waals surface area contributed by atoms with E-state index in [1.807, 2.05) is 62.9 Å². The maximum atomic E-state index is 4.58. The lowest BCUT2D eigenvalue weighted by atomic mass is 10.3. The molecule has 0 aliphatic heterocycles. The first kappa shape index (κ1) is 14.1. The highest BCUT2D eigenvalue weighted by molar-refractivity contribution is 5.69. The van der Waals surface area contributed by atoms with Gasteiger partial charge in [-0.1, -0.05) is 0 Å². The van der Waals surface area contributed by atoms with Crippen molar-refractivity contribution in [3.63, 3.8) is 0 Å². The largest absolute Gasteiger partial charge is 0.351 e. The molecule has 3 heterocycles. The maximum absolute atomic E-state index is 4.58. The highest BCUT2D eigenvalue weighted by atomic mass is 14.9. The number of hydrogen-bond acceptors (Lipinski definition) is 2. The van der Waals surface area contributed by atoms with E-state index in [2.05, 4.69) is 31.2 Å². The average molecular weight is 290 g/mol. The van der Waals surface area contributed by atoms with Gasteiger partial charge >= 0.3 is 0 Å². The molecule has 0 atom stereocenters. The Labute approximate surface area is 130 Å². The van der Waals surface area contributed by atoms with Crippen molar-refractivity contribution in [2.45, 2.75) is 0 Å². The van der Waals surface area contributed by atoms with E-state index in [9.17, 15) is 0 Å². The lowest BCUT2D eigenvalue weighted by molar-refractivity contribution is 0.915. The Bertz CT molecular complexity index is 755. The monoisotopic (exact) mass is 290 g/mol. The third-order valence-corrected chi connectivity index (χ3v) is 3.49. The topological polar surface area (TPSA) is 35.6 Å². The van der Waals surface area contributed by atoms with Gasteiger partial charge in [0.1, 0.15) is 0 Å². The van der Waals surface area contributed by atoms with Crippen LogP contribution < -0.4 is 0 Å². The van der Waals surface area contributed by atoms with Gasteiger partial charge in [0.15, 0.2) is 0 Å². The van der Waals surface area contributed by atoms with Gasteiger partial charge < -0.3 is 9.13 Å². The van der Waals surface area contributed by atoms with Crippen molar-refractivity contribution in [1.82, 2.24) is 19.1 Å². The zero-order chi connectivity index (χ0) is 15.4. The van der Waals surface area contributed by atoms with E-state index in [1.54, 1.807) is 12.4 Å². The fraction of sp³-hybridized carbons (Fsp3) is 0.111. The summed E-state index contributed by atoms with van der Waals surface area (Å²) in [5, 5.41) is 0. The molecule has 0 saturated heterocycles. The van der Waals surface area contributed by atoms with Crippen molar-refractivity contribution in [3.8, 4) is 0 Å². The van der Waals surface area contributed by atoms with Crippen LogP contribution in [-0.4, -0.2) is 19.1 Å². The Morgan fingerprint density at radius 1 is 0.773 bits per heavy atom. The first-order valence-corrected chi connectivity index (χ1v) is 7.13. The molecule has 22 heavy (non-hydrogen) atoms. The highest BCUT2D eigenvalue weighted by Gasteiger charge is 1.96. The molecule has 0 spiro atoms. The van der Waals surface area contributed by atoms with Crippen molar-refractivity contribution in [1.29, 1.82) is 0 Å². The van der Waals surface area contributed by atoms with Gasteiger partial charge in [-0.3, -0.25) is 4.98 Å². The SMILES string of the molecule is Cn1cccc1/C=C/c1cncc(/C=C/c2cccn2C)n1. The molecule has 4 nitrogen and oxygen atoms in total. The summed E-state index contributed by atoms with van der Waals surface area (Å²) in [7, 11) is 4.04. The normalized spacial score (nSPS) is 11.7. The summed E-state index contributed by atoms with van der Waals surface area (Å²) in [4.78, 5) is 8.83. The lowest BCUT2D eigenvalue weighted by Crippen LogP contribution is -1.90. The van der Waals surface area contributed by atoms with Crippen LogP contribution in [0.15, 0.2) is 49.1 Å². The van der Waals surface area contributed by atoms with Crippen LogP contribution in [-0.2, 0) is 14.1 Å². The van der Waals surface area contributed by atoms with Gasteiger partial charge in [0.25, 0.3) is 0 Å². The van der Waals surface area contributed by atoms with Crippen LogP contribution in [0.25, 0.3) is 24.3 Å². The Kier molecular flexibility index (Phi) is 4.01. The standard InChI is InChI=1S/C18H18N4/c1-21-11-3-5-17(21)9-7-15-13-19-14-16(20-15)8-10-18-6-4-12-22(18)2/h3-14H,1-2H3/b9-7+,10-8+. The highest BCUT2D eigenvalue weighted by Crippen LogP contribution is 2.09. The second-order valence-corrected chi connectivity index (χ2v) is 5.12. The van der Waals surface area contributed by atoms with Crippen LogP contribution in [0.1, 0.15) is 22.8 Å². The van der Waals surface area contributed by atoms with Gasteiger partial charge in [-0.2, -0.15) is 0 Å². The molecule has 0 saturated carbocycles. The number of nitrogens with zero attached hydrogens (tertiary/aromatic N) is 4. The van der Waals surface area contributed by atoms with Crippen molar-refractivity contribution >= 4 is 24.3 Å². The van der Waals surface area contributed by atoms with Gasteiger partial charge in [-0.05, 0) is 48.6 Å². The third-order valence-electron chi connectivity index (χ3n) is 3.49. The fourth-order valence-corrected chi connectivity index (χ4v) is 2.19. The summed E-state index contributed by atoms with van der Waals surface area (Å²) in [5.74, 6) is 0. The van der Waals surface area contributed by atoms with E-state index < -0.39 is 0 Å². The fourth-order valence-electron chi connectivity index (χ4n) is 2.19. The molecule has 0 fully saturated rings. The molecule has 4 heteroatoms. The van der Waals surface area contributed by atoms with Crippen LogP contribution >= 0.6 is 0 Å². The van der Waals surface area contributed by atoms with E-state index in [0.29, 0.717) is 0 Å². The minimum Gasteiger partial charge on any atom is -0.351 e. The summed E-state index contributed by atoms with van der Waals surface area (Å²) in [6.45, 7) is 0. The smallest absolute Gasteiger partial charge is 0.0820 e. The van der Waals surface area contributed by atoms with Crippen LogP contribution in [0.3, 0.4) is 0 Å². The van der Waals surface area contributed by atoms with Crippen LogP contribution in [0.5, 0.6) is 0 Å². The molecule has 3 rings (SSSR count). The van der Waals surface area contributed by atoms with Crippen molar-refractivity contribution in [2.24, 2.45) is 14.1 Å². The van der Waals surface area contributed by atoms with Gasteiger partial charge in [0.2, 0.25) is 0 Å². The molecule has 3 aromatic rings. The van der Waals surface area contributed by atoms with Gasteiger partial charge in [0.05, 0.1) is 23.8 Å². The number of aryl methyl sites for hydroxylation is 2. The zero-order valence-corrected chi connectivity index (χ0v) is 12.7. The maximum Gasteiger partial charge on any atom is 0.0820 e. The summed E-state index contributed by atoms with van der Waals surface area (Å²) in [6, 6.07) is 8.15. The molecule has 0 N–H and O–H groups in total. The zero-order valence-electron chi connectivity index (χ0n) is 12.7. The van der Waals surface area contributed by atoms with Gasteiger partial charge in [0, 0.05) is 37.9 Å². The predicted octanol–water partition coefficient (Wildman–Crippen LogP) is 3.49. The number of aromatic nitrogens is 4. The van der Waals surface area contributed by atoms with Crippen LogP contribution in [0, 0.1) is 0 Å². The molecular formula is C18H18N4. The summed E-state index contributed by atoms with van der Waals surface area (Å²) < 4.78 is 4.12. The first-order valence-electron chi connectivity index (χ1n) is 7.13. The number of rotatable bonds is 4. The minimum absolute atomic E-state index is 0.843. The molecule has 0 amide bonds. The lowest BCUT2D eigenvalue weighted by Gasteiger charge is -1.98. The summed E-state index contributed by atoms with van der Waals surface area (Å²) in [5.41, 5.74) is 3.95. The van der Waals surface area contributed by atoms with E-state index in [-0.39, 0.29) is 0 Å². The van der Waals surface area contributed by atoms with Crippen molar-refractivity contribution < 1.29 is 0 Å². The quantitative estimate of drug-likeness (QED) is 0.737. The molecule has 0 aliphatic carbocycles. The van der Waals surface area contributed by atoms with Crippen molar-refractivity contribution in [3.05, 3.63) is 71.8 Å². The van der Waals surface area contributed by atoms with Gasteiger partial charge in [-0.25, -0.2) is 4.98 Å². The molecule has 110 valence electrons. The minimum atomic E-state index is 0.843. The molecule has 3 aromatic heterocycles. The summed E-state index contributed by atoms with van der Waals surface area (Å²) >= 11 is 0. The molecule has 0 aromatic carbocycles. The average Bonchev–Trinajstić information content (AvgIpc) is 3.12. The Morgan fingerprint density at radius 2 is 1.27 bits per heavy atom. The first-order chi connectivity index (χ1) is 10.7. The van der Waals surface area contributed by atoms with Gasteiger partial charge in [-0.15, -0.1) is 0 Å². The Balaban J connectivity index is 1.78. The van der Waals surface area contributed by atoms with E-state index >= 15 is 0 Å². The van der Waals surface area contributed by atoms with Crippen LogP contribution in [0.2, 0.25) is 0 Å². The second kappa shape index (κ2) is 6.26. The second-order valence-electron chi connectivity index (χ2n) is 5.12. The van der Waals surface area contributed by atoms with Crippen LogP contribution in [0.4, 0.5) is 0 Å².